The van der Waals surface area contributed by atoms with Crippen molar-refractivity contribution in [3.8, 4) is 0 Å². The van der Waals surface area contributed by atoms with E-state index in [1.54, 1.807) is 0 Å². The summed E-state index contributed by atoms with van der Waals surface area (Å²) in [6, 6.07) is 0. The van der Waals surface area contributed by atoms with Gasteiger partial charge < -0.3 is 26.6 Å². The monoisotopic (exact) mass is 343 g/mol. The van der Waals surface area contributed by atoms with Crippen molar-refractivity contribution in [3.05, 3.63) is 26.6 Å². The topological polar surface area (TPSA) is 70.5 Å². The minimum absolute atomic E-state index is 0. The van der Waals surface area contributed by atoms with Crippen molar-refractivity contribution in [3.63, 3.8) is 0 Å². The Labute approximate surface area is 131 Å². The van der Waals surface area contributed by atoms with Gasteiger partial charge in [-0.15, -0.1) is 0 Å². The number of rotatable bonds is 0. The largest absolute Gasteiger partial charge is 0 e. The summed E-state index contributed by atoms with van der Waals surface area (Å²) < 4.78 is 0. The maximum absolute atomic E-state index is 4.80. The quantitative estimate of drug-likeness (QED) is 0.590. The zero-order valence-electron chi connectivity index (χ0n) is 10.4. The number of hydrogen-bond acceptors (Lipinski definition) is 0. The van der Waals surface area contributed by atoms with Crippen LogP contribution in [0.25, 0.3) is 26.6 Å². The molecule has 0 atom stereocenters. The summed E-state index contributed by atoms with van der Waals surface area (Å²) in [6.45, 7) is 8.33. The van der Waals surface area contributed by atoms with Crippen LogP contribution in [0.5, 0.6) is 0 Å². The second kappa shape index (κ2) is 17.9. The Bertz CT molecular complexity index is 113. The van der Waals surface area contributed by atoms with Crippen molar-refractivity contribution < 1.29 is 18.8 Å². The molecule has 0 aromatic rings. The summed E-state index contributed by atoms with van der Waals surface area (Å²) in [5.74, 6) is 0. The smallest absolute Gasteiger partial charge is 0 e. The Kier molecular flexibility index (Phi) is 18.8. The summed E-state index contributed by atoms with van der Waals surface area (Å²) in [4.78, 5) is 0. The van der Waals surface area contributed by atoms with E-state index in [1.165, 1.54) is 0 Å². The molecule has 0 N–H and O–H groups in total. The fourth-order valence-corrected chi connectivity index (χ4v) is 1.27. The van der Waals surface area contributed by atoms with Gasteiger partial charge in [-0.2, -0.15) is 65.4 Å². The average Bonchev–Trinajstić information content (AvgIpc) is 2.38. The number of halogens is 2. The van der Waals surface area contributed by atoms with Crippen molar-refractivity contribution in [2.75, 3.05) is 65.4 Å². The van der Waals surface area contributed by atoms with Crippen LogP contribution < -0.4 is 0 Å². The van der Waals surface area contributed by atoms with E-state index in [2.05, 4.69) is 26.6 Å². The fraction of sp³-hybridized carbons (Fsp3) is 1.00. The third kappa shape index (κ3) is 16.9. The first-order valence-corrected chi connectivity index (χ1v) is 9.20. The van der Waals surface area contributed by atoms with E-state index in [0.29, 0.717) is 0 Å². The van der Waals surface area contributed by atoms with Gasteiger partial charge in [-0.25, -0.2) is 0 Å². The third-order valence-corrected chi connectivity index (χ3v) is 2.08. The van der Waals surface area contributed by atoms with Gasteiger partial charge in [0.15, 0.2) is 0 Å². The summed E-state index contributed by atoms with van der Waals surface area (Å²) in [5.41, 5.74) is 0. The van der Waals surface area contributed by atoms with Crippen molar-refractivity contribution in [2.24, 2.45) is 0 Å². The van der Waals surface area contributed by atoms with Gasteiger partial charge in [-0.3, -0.25) is 0 Å². The van der Waals surface area contributed by atoms with Gasteiger partial charge >= 0.3 is 33.3 Å². The Morgan fingerprint density at radius 3 is 0.722 bits per heavy atom. The molecule has 0 bridgehead atoms. The van der Waals surface area contributed by atoms with E-state index in [4.69, 9.17) is 20.2 Å². The molecule has 0 aliphatic carbocycles. The van der Waals surface area contributed by atoms with Crippen LogP contribution in [0.1, 0.15) is 5.71 Å². The van der Waals surface area contributed by atoms with Crippen LogP contribution >= 0.6 is 20.2 Å². The second-order valence-corrected chi connectivity index (χ2v) is 5.36. The van der Waals surface area contributed by atoms with Crippen LogP contribution in [-0.2, 0) is 13.1 Å². The predicted octanol–water partition coefficient (Wildman–Crippen LogP) is 4.23. The summed E-state index contributed by atoms with van der Waals surface area (Å²) >= 11 is 0.00694. The molecule has 18 heavy (non-hydrogen) atoms. The van der Waals surface area contributed by atoms with Gasteiger partial charge in [0.2, 0.25) is 0 Å². The molecule has 0 saturated carbocycles. The van der Waals surface area contributed by atoms with Crippen molar-refractivity contribution in [1.29, 1.82) is 0 Å². The Balaban J connectivity index is -0.000000127. The molecule has 1 saturated heterocycles. The average molecular weight is 344 g/mol. The van der Waals surface area contributed by atoms with Crippen molar-refractivity contribution >= 4 is 20.2 Å². The molecule has 0 aromatic heterocycles. The molecule has 1 aliphatic heterocycles. The van der Waals surface area contributed by atoms with Gasteiger partial charge in [0, 0.05) is 5.71 Å². The van der Waals surface area contributed by atoms with Crippen LogP contribution in [0.2, 0.25) is 0 Å². The van der Waals surface area contributed by atoms with E-state index in [0.717, 1.165) is 65.4 Å². The van der Waals surface area contributed by atoms with Crippen LogP contribution in [0.4, 0.5) is 0 Å². The fourth-order valence-electron chi connectivity index (χ4n) is 1.27. The van der Waals surface area contributed by atoms with Gasteiger partial charge in [-0.05, 0) is 0 Å². The molecule has 0 spiro atoms. The predicted molar refractivity (Wildman–Crippen MR) is 85.6 cm³/mol. The summed E-state index contributed by atoms with van der Waals surface area (Å²) in [6.07, 6.45) is 0. The standard InChI is InChI=1S/C10H20N5.2ClH.Mn.4H2/c1-2-12-5-6-14-9-10-15-8-7-13-4-3-11-1;;;;;;;/h1-10H2;2*1H;;4*1H/q-5;;;+2;;;;/p-2. The maximum atomic E-state index is 4.80. The first-order valence-electron chi connectivity index (χ1n) is 5.95. The first-order chi connectivity index (χ1) is 8.91. The molecule has 0 radical (unpaired) electrons. The van der Waals surface area contributed by atoms with Gasteiger partial charge in [0.25, 0.3) is 0 Å². The minimum atomic E-state index is 0. The Hall–Kier alpha value is 0.899. The molecule has 1 heterocycles. The molecule has 0 aromatic carbocycles. The molecule has 1 aliphatic rings. The third-order valence-electron chi connectivity index (χ3n) is 2.08. The van der Waals surface area contributed by atoms with Crippen LogP contribution in [-0.4, -0.2) is 65.4 Å². The Morgan fingerprint density at radius 2 is 0.611 bits per heavy atom. The molecule has 0 unspecified atom stereocenters. The first kappa shape index (κ1) is 18.9. The number of nitrogens with zero attached hydrogens (tertiary/aromatic N) is 5. The van der Waals surface area contributed by atoms with Crippen molar-refractivity contribution in [1.82, 2.24) is 0 Å². The maximum Gasteiger partial charge on any atom is 0 e. The van der Waals surface area contributed by atoms with E-state index in [1.807, 2.05) is 0 Å². The summed E-state index contributed by atoms with van der Waals surface area (Å²) in [7, 11) is 9.59. The Morgan fingerprint density at radius 1 is 0.500 bits per heavy atom. The SMILES string of the molecule is C1C[N-]CC[N-]CC[N-]CC[N-]CC[N-]1.[Cl][Mn][Cl].[HH].[HH].[HH].[HH]. The normalized spacial score (nSPS) is 21.0. The molecule has 5 nitrogen and oxygen atoms in total. The van der Waals surface area contributed by atoms with Gasteiger partial charge in [0.05, 0.1) is 0 Å². The van der Waals surface area contributed by atoms with Gasteiger partial charge in [-0.1, -0.05) is 0 Å². The molecule has 119 valence electrons. The zero-order valence-corrected chi connectivity index (χ0v) is 13.1. The number of hydrogen-bond donors (Lipinski definition) is 0. The molecule has 0 amide bonds. The molecule has 8 heteroatoms. The van der Waals surface area contributed by atoms with Crippen LogP contribution in [0.3, 0.4) is 0 Å². The second-order valence-electron chi connectivity index (χ2n) is 3.41. The molecular weight excluding hydrogens is 316 g/mol. The molecule has 1 rings (SSSR count). The van der Waals surface area contributed by atoms with E-state index in [-0.39, 0.29) is 18.8 Å². The van der Waals surface area contributed by atoms with Crippen LogP contribution in [0.15, 0.2) is 0 Å². The minimum Gasteiger partial charge on any atom is 0 e. The van der Waals surface area contributed by atoms with E-state index < -0.39 is 0 Å². The van der Waals surface area contributed by atoms with Crippen molar-refractivity contribution in [2.45, 2.75) is 0 Å². The zero-order chi connectivity index (χ0) is 13.3. The van der Waals surface area contributed by atoms with E-state index in [9.17, 15) is 0 Å². The van der Waals surface area contributed by atoms with Crippen LogP contribution in [0, 0.1) is 0 Å². The molecular formula is C10H28Cl2MnN5-5. The van der Waals surface area contributed by atoms with Gasteiger partial charge in [0.1, 0.15) is 0 Å². The molecule has 1 fully saturated rings. The van der Waals surface area contributed by atoms with E-state index >= 15 is 0 Å². The summed E-state index contributed by atoms with van der Waals surface area (Å²) in [5, 5.41) is 21.7.